The van der Waals surface area contributed by atoms with Gasteiger partial charge in [-0.05, 0) is 24.6 Å². The number of hydrogen-bond donors (Lipinski definition) is 2. The summed E-state index contributed by atoms with van der Waals surface area (Å²) in [6.45, 7) is 4.51. The molecule has 1 amide bonds. The van der Waals surface area contributed by atoms with Crippen LogP contribution in [0.2, 0.25) is 0 Å². The third kappa shape index (κ3) is 7.81. The first-order valence-corrected chi connectivity index (χ1v) is 9.17. The minimum Gasteiger partial charge on any atom is -0.492 e. The Morgan fingerprint density at radius 1 is 1.04 bits per heavy atom. The van der Waals surface area contributed by atoms with Gasteiger partial charge in [0.15, 0.2) is 5.96 Å². The topological polar surface area (TPSA) is 66.0 Å². The number of amides is 1. The molecular formula is C21H28N4O2. The van der Waals surface area contributed by atoms with E-state index in [4.69, 9.17) is 4.74 Å². The molecule has 2 rings (SSSR count). The van der Waals surface area contributed by atoms with E-state index in [9.17, 15) is 4.79 Å². The Morgan fingerprint density at radius 3 is 2.37 bits per heavy atom. The fraction of sp³-hybridized carbons (Fsp3) is 0.333. The molecule has 0 heterocycles. The van der Waals surface area contributed by atoms with Gasteiger partial charge in [-0.25, -0.2) is 4.99 Å². The summed E-state index contributed by atoms with van der Waals surface area (Å²) in [5, 5.41) is 6.08. The molecule has 0 aliphatic rings. The molecule has 0 bridgehead atoms. The summed E-state index contributed by atoms with van der Waals surface area (Å²) in [4.78, 5) is 18.4. The normalized spacial score (nSPS) is 11.0. The molecular weight excluding hydrogens is 340 g/mol. The maximum absolute atomic E-state index is 12.1. The second-order valence-corrected chi connectivity index (χ2v) is 6.02. The van der Waals surface area contributed by atoms with Crippen LogP contribution in [-0.2, 0) is 11.3 Å². The molecule has 0 aliphatic heterocycles. The molecule has 0 aliphatic carbocycles. The highest BCUT2D eigenvalue weighted by molar-refractivity contribution is 5.84. The molecule has 0 radical (unpaired) electrons. The van der Waals surface area contributed by atoms with Crippen LogP contribution in [0, 0.1) is 0 Å². The zero-order chi connectivity index (χ0) is 19.3. The second kappa shape index (κ2) is 11.6. The number of nitrogens with zero attached hydrogens (tertiary/aromatic N) is 2. The van der Waals surface area contributed by atoms with E-state index in [0.717, 1.165) is 17.9 Å². The van der Waals surface area contributed by atoms with Crippen molar-refractivity contribution in [1.82, 2.24) is 15.5 Å². The first kappa shape index (κ1) is 20.3. The van der Waals surface area contributed by atoms with Crippen molar-refractivity contribution in [2.45, 2.75) is 13.5 Å². The summed E-state index contributed by atoms with van der Waals surface area (Å²) >= 11 is 0. The standard InChI is InChI=1S/C21H28N4O2/c1-3-22-21(25(2)14-15-27-19-12-8-5-9-13-19)24-17-20(26)23-16-18-10-6-4-7-11-18/h4-13H,3,14-17H2,1-2H3,(H,22,24)(H,23,26). The van der Waals surface area contributed by atoms with Gasteiger partial charge in [0.25, 0.3) is 0 Å². The molecule has 144 valence electrons. The van der Waals surface area contributed by atoms with Crippen molar-refractivity contribution < 1.29 is 9.53 Å². The molecule has 0 saturated heterocycles. The number of guanidine groups is 1. The number of nitrogens with one attached hydrogen (secondary N) is 2. The summed E-state index contributed by atoms with van der Waals surface area (Å²) in [7, 11) is 1.93. The molecule has 2 aromatic rings. The average molecular weight is 368 g/mol. The number of aliphatic imine (C=N–C) groups is 1. The van der Waals surface area contributed by atoms with Gasteiger partial charge in [0, 0.05) is 20.1 Å². The van der Waals surface area contributed by atoms with Gasteiger partial charge in [-0.3, -0.25) is 4.79 Å². The highest BCUT2D eigenvalue weighted by Gasteiger charge is 2.07. The number of ether oxygens (including phenoxy) is 1. The quantitative estimate of drug-likeness (QED) is 0.526. The molecule has 0 atom stereocenters. The van der Waals surface area contributed by atoms with E-state index in [1.54, 1.807) is 0 Å². The van der Waals surface area contributed by atoms with Crippen molar-refractivity contribution in [3.05, 3.63) is 66.2 Å². The predicted molar refractivity (Wildman–Crippen MR) is 109 cm³/mol. The van der Waals surface area contributed by atoms with Crippen molar-refractivity contribution >= 4 is 11.9 Å². The molecule has 0 unspecified atom stereocenters. The van der Waals surface area contributed by atoms with E-state index in [-0.39, 0.29) is 12.5 Å². The van der Waals surface area contributed by atoms with Gasteiger partial charge in [-0.2, -0.15) is 0 Å². The van der Waals surface area contributed by atoms with E-state index in [1.165, 1.54) is 0 Å². The van der Waals surface area contributed by atoms with E-state index in [1.807, 2.05) is 79.5 Å². The van der Waals surface area contributed by atoms with Gasteiger partial charge < -0.3 is 20.3 Å². The fourth-order valence-electron chi connectivity index (χ4n) is 2.39. The Hall–Kier alpha value is -3.02. The largest absolute Gasteiger partial charge is 0.492 e. The van der Waals surface area contributed by atoms with Gasteiger partial charge in [0.1, 0.15) is 18.9 Å². The Kier molecular flexibility index (Phi) is 8.69. The number of benzene rings is 2. The van der Waals surface area contributed by atoms with Crippen LogP contribution in [0.25, 0.3) is 0 Å². The van der Waals surface area contributed by atoms with Gasteiger partial charge in [-0.1, -0.05) is 48.5 Å². The van der Waals surface area contributed by atoms with Crippen molar-refractivity contribution in [1.29, 1.82) is 0 Å². The van der Waals surface area contributed by atoms with Crippen molar-refractivity contribution in [2.24, 2.45) is 4.99 Å². The lowest BCUT2D eigenvalue weighted by atomic mass is 10.2. The summed E-state index contributed by atoms with van der Waals surface area (Å²) in [6.07, 6.45) is 0. The van der Waals surface area contributed by atoms with Gasteiger partial charge in [0.2, 0.25) is 5.91 Å². The van der Waals surface area contributed by atoms with Crippen LogP contribution in [-0.4, -0.2) is 50.1 Å². The SMILES string of the molecule is CCNC(=NCC(=O)NCc1ccccc1)N(C)CCOc1ccccc1. The Morgan fingerprint density at radius 2 is 1.70 bits per heavy atom. The van der Waals surface area contributed by atoms with Crippen molar-refractivity contribution in [3.63, 3.8) is 0 Å². The molecule has 6 nitrogen and oxygen atoms in total. The number of rotatable bonds is 9. The van der Waals surface area contributed by atoms with Gasteiger partial charge >= 0.3 is 0 Å². The molecule has 0 fully saturated rings. The molecule has 0 spiro atoms. The van der Waals surface area contributed by atoms with Crippen molar-refractivity contribution in [2.75, 3.05) is 33.3 Å². The Balaban J connectivity index is 1.78. The van der Waals surface area contributed by atoms with Crippen LogP contribution in [0.1, 0.15) is 12.5 Å². The number of carbonyl (C=O) groups is 1. The number of likely N-dealkylation sites (N-methyl/N-ethyl adjacent to an activating group) is 1. The predicted octanol–water partition coefficient (Wildman–Crippen LogP) is 2.28. The number of carbonyl (C=O) groups excluding carboxylic acids is 1. The van der Waals surface area contributed by atoms with Gasteiger partial charge in [-0.15, -0.1) is 0 Å². The van der Waals surface area contributed by atoms with Gasteiger partial charge in [0.05, 0.1) is 6.54 Å². The summed E-state index contributed by atoms with van der Waals surface area (Å²) in [5.41, 5.74) is 1.07. The van der Waals surface area contributed by atoms with Crippen LogP contribution in [0.5, 0.6) is 5.75 Å². The first-order valence-electron chi connectivity index (χ1n) is 9.17. The summed E-state index contributed by atoms with van der Waals surface area (Å²) in [6, 6.07) is 19.5. The molecule has 0 saturated carbocycles. The van der Waals surface area contributed by atoms with Crippen LogP contribution >= 0.6 is 0 Å². The second-order valence-electron chi connectivity index (χ2n) is 6.02. The maximum Gasteiger partial charge on any atom is 0.242 e. The van der Waals surface area contributed by atoms with Crippen LogP contribution in [0.15, 0.2) is 65.7 Å². The monoisotopic (exact) mass is 368 g/mol. The lowest BCUT2D eigenvalue weighted by molar-refractivity contribution is -0.119. The van der Waals surface area contributed by atoms with E-state index < -0.39 is 0 Å². The minimum atomic E-state index is -0.108. The summed E-state index contributed by atoms with van der Waals surface area (Å²) in [5.74, 6) is 1.42. The lowest BCUT2D eigenvalue weighted by Gasteiger charge is -2.22. The molecule has 2 aromatic carbocycles. The Labute approximate surface area is 161 Å². The van der Waals surface area contributed by atoms with E-state index in [2.05, 4.69) is 15.6 Å². The average Bonchev–Trinajstić information content (AvgIpc) is 2.71. The third-order valence-corrected chi connectivity index (χ3v) is 3.84. The zero-order valence-electron chi connectivity index (χ0n) is 16.0. The third-order valence-electron chi connectivity index (χ3n) is 3.84. The van der Waals surface area contributed by atoms with E-state index >= 15 is 0 Å². The molecule has 6 heteroatoms. The van der Waals surface area contributed by atoms with Crippen LogP contribution < -0.4 is 15.4 Å². The van der Waals surface area contributed by atoms with Crippen LogP contribution in [0.3, 0.4) is 0 Å². The first-order chi connectivity index (χ1) is 13.2. The lowest BCUT2D eigenvalue weighted by Crippen LogP contribution is -2.41. The summed E-state index contributed by atoms with van der Waals surface area (Å²) < 4.78 is 5.71. The maximum atomic E-state index is 12.1. The fourth-order valence-corrected chi connectivity index (χ4v) is 2.39. The Bertz CT molecular complexity index is 705. The number of para-hydroxylation sites is 1. The van der Waals surface area contributed by atoms with Crippen molar-refractivity contribution in [3.8, 4) is 5.75 Å². The minimum absolute atomic E-state index is 0.0824. The smallest absolute Gasteiger partial charge is 0.242 e. The molecule has 27 heavy (non-hydrogen) atoms. The highest BCUT2D eigenvalue weighted by atomic mass is 16.5. The highest BCUT2D eigenvalue weighted by Crippen LogP contribution is 2.07. The zero-order valence-corrected chi connectivity index (χ0v) is 16.0. The van der Waals surface area contributed by atoms with Crippen LogP contribution in [0.4, 0.5) is 0 Å². The molecule has 2 N–H and O–H groups in total. The molecule has 0 aromatic heterocycles. The number of hydrogen-bond acceptors (Lipinski definition) is 3. The van der Waals surface area contributed by atoms with E-state index in [0.29, 0.717) is 25.7 Å².